The van der Waals surface area contributed by atoms with E-state index in [-0.39, 0.29) is 0 Å². The van der Waals surface area contributed by atoms with Crippen LogP contribution in [-0.4, -0.2) is 16.2 Å². The predicted molar refractivity (Wildman–Crippen MR) is 83.6 cm³/mol. The zero-order valence-corrected chi connectivity index (χ0v) is 12.3. The van der Waals surface area contributed by atoms with Crippen molar-refractivity contribution in [2.45, 2.75) is 39.2 Å². The van der Waals surface area contributed by atoms with Gasteiger partial charge in [-0.1, -0.05) is 32.4 Å². The molecule has 1 heterocycles. The van der Waals surface area contributed by atoms with Crippen molar-refractivity contribution in [2.24, 2.45) is 11.8 Å². The van der Waals surface area contributed by atoms with Crippen molar-refractivity contribution in [3.8, 4) is 11.3 Å². The number of aromatic nitrogens is 2. The fourth-order valence-electron chi connectivity index (χ4n) is 3.14. The predicted octanol–water partition coefficient (Wildman–Crippen LogP) is 4.31. The fourth-order valence-corrected chi connectivity index (χ4v) is 3.14. The SMILES string of the molecule is CC1CCC(C)C(Nc2cccc(-c3ccn[nH]3)c2)C1. The Kier molecular flexibility index (Phi) is 3.77. The van der Waals surface area contributed by atoms with Gasteiger partial charge < -0.3 is 5.32 Å². The van der Waals surface area contributed by atoms with Gasteiger partial charge in [0.2, 0.25) is 0 Å². The van der Waals surface area contributed by atoms with Gasteiger partial charge in [0.05, 0.1) is 5.69 Å². The number of rotatable bonds is 3. The summed E-state index contributed by atoms with van der Waals surface area (Å²) in [7, 11) is 0. The van der Waals surface area contributed by atoms with E-state index in [0.29, 0.717) is 6.04 Å². The van der Waals surface area contributed by atoms with Gasteiger partial charge in [0.25, 0.3) is 0 Å². The second kappa shape index (κ2) is 5.70. The maximum Gasteiger partial charge on any atom is 0.0650 e. The quantitative estimate of drug-likeness (QED) is 0.871. The molecular weight excluding hydrogens is 246 g/mol. The highest BCUT2D eigenvalue weighted by Crippen LogP contribution is 2.31. The molecule has 0 amide bonds. The molecule has 3 unspecified atom stereocenters. The molecule has 1 aromatic carbocycles. The van der Waals surface area contributed by atoms with E-state index in [1.165, 1.54) is 30.5 Å². The van der Waals surface area contributed by atoms with Crippen molar-refractivity contribution in [1.82, 2.24) is 10.2 Å². The van der Waals surface area contributed by atoms with E-state index in [9.17, 15) is 0 Å². The average molecular weight is 269 g/mol. The molecule has 1 aromatic heterocycles. The summed E-state index contributed by atoms with van der Waals surface area (Å²) in [6, 6.07) is 11.2. The van der Waals surface area contributed by atoms with Crippen LogP contribution < -0.4 is 5.32 Å². The molecule has 0 spiro atoms. The smallest absolute Gasteiger partial charge is 0.0650 e. The highest BCUT2D eigenvalue weighted by molar-refractivity contribution is 5.64. The van der Waals surface area contributed by atoms with Gasteiger partial charge in [0.1, 0.15) is 0 Å². The first kappa shape index (κ1) is 13.2. The molecule has 3 rings (SSSR count). The van der Waals surface area contributed by atoms with Gasteiger partial charge in [-0.15, -0.1) is 0 Å². The number of anilines is 1. The summed E-state index contributed by atoms with van der Waals surface area (Å²) in [4.78, 5) is 0. The third kappa shape index (κ3) is 2.87. The van der Waals surface area contributed by atoms with E-state index in [2.05, 4.69) is 53.6 Å². The van der Waals surface area contributed by atoms with Crippen molar-refractivity contribution < 1.29 is 0 Å². The summed E-state index contributed by atoms with van der Waals surface area (Å²) < 4.78 is 0. The first-order valence-corrected chi connectivity index (χ1v) is 7.58. The summed E-state index contributed by atoms with van der Waals surface area (Å²) in [6.07, 6.45) is 5.77. The number of H-pyrrole nitrogens is 1. The standard InChI is InChI=1S/C17H23N3/c1-12-6-7-13(2)17(10-12)19-15-5-3-4-14(11-15)16-8-9-18-20-16/h3-5,8-9,11-13,17,19H,6-7,10H2,1-2H3,(H,18,20). The van der Waals surface area contributed by atoms with Crippen LogP contribution in [0.4, 0.5) is 5.69 Å². The minimum Gasteiger partial charge on any atom is -0.382 e. The van der Waals surface area contributed by atoms with E-state index in [1.807, 2.05) is 6.07 Å². The zero-order valence-electron chi connectivity index (χ0n) is 12.3. The Bertz CT molecular complexity index is 547. The lowest BCUT2D eigenvalue weighted by molar-refractivity contribution is 0.281. The van der Waals surface area contributed by atoms with E-state index in [4.69, 9.17) is 0 Å². The van der Waals surface area contributed by atoms with Gasteiger partial charge in [-0.05, 0) is 42.9 Å². The summed E-state index contributed by atoms with van der Waals surface area (Å²) in [6.45, 7) is 4.73. The van der Waals surface area contributed by atoms with Crippen molar-refractivity contribution >= 4 is 5.69 Å². The Morgan fingerprint density at radius 3 is 2.90 bits per heavy atom. The van der Waals surface area contributed by atoms with Gasteiger partial charge >= 0.3 is 0 Å². The molecule has 2 aromatic rings. The van der Waals surface area contributed by atoms with Crippen LogP contribution in [0.1, 0.15) is 33.1 Å². The second-order valence-electron chi connectivity index (χ2n) is 6.20. The first-order chi connectivity index (χ1) is 9.72. The van der Waals surface area contributed by atoms with Crippen molar-refractivity contribution in [1.29, 1.82) is 0 Å². The lowest BCUT2D eigenvalue weighted by Crippen LogP contribution is -2.33. The van der Waals surface area contributed by atoms with Gasteiger partial charge in [-0.2, -0.15) is 5.10 Å². The highest BCUT2D eigenvalue weighted by atomic mass is 15.1. The third-order valence-electron chi connectivity index (χ3n) is 4.48. The zero-order chi connectivity index (χ0) is 13.9. The van der Waals surface area contributed by atoms with Crippen LogP contribution >= 0.6 is 0 Å². The van der Waals surface area contributed by atoms with Crippen LogP contribution in [0.3, 0.4) is 0 Å². The summed E-state index contributed by atoms with van der Waals surface area (Å²) >= 11 is 0. The maximum absolute atomic E-state index is 4.02. The fraction of sp³-hybridized carbons (Fsp3) is 0.471. The summed E-state index contributed by atoms with van der Waals surface area (Å²) in [5.41, 5.74) is 3.46. The van der Waals surface area contributed by atoms with Gasteiger partial charge in [0.15, 0.2) is 0 Å². The Hall–Kier alpha value is -1.77. The summed E-state index contributed by atoms with van der Waals surface area (Å²) in [5.74, 6) is 1.58. The molecule has 1 aliphatic rings. The molecule has 3 nitrogen and oxygen atoms in total. The molecule has 0 bridgehead atoms. The van der Waals surface area contributed by atoms with Crippen LogP contribution in [0.5, 0.6) is 0 Å². The van der Waals surface area contributed by atoms with Crippen LogP contribution in [0, 0.1) is 11.8 Å². The minimum atomic E-state index is 0.593. The van der Waals surface area contributed by atoms with Crippen LogP contribution in [0.2, 0.25) is 0 Å². The molecule has 0 aliphatic heterocycles. The largest absolute Gasteiger partial charge is 0.382 e. The Balaban J connectivity index is 1.76. The number of aromatic amines is 1. The number of hydrogen-bond donors (Lipinski definition) is 2. The topological polar surface area (TPSA) is 40.7 Å². The highest BCUT2D eigenvalue weighted by Gasteiger charge is 2.25. The minimum absolute atomic E-state index is 0.593. The Morgan fingerprint density at radius 2 is 2.10 bits per heavy atom. The van der Waals surface area contributed by atoms with E-state index in [0.717, 1.165) is 17.5 Å². The number of nitrogens with zero attached hydrogens (tertiary/aromatic N) is 1. The monoisotopic (exact) mass is 269 g/mol. The van der Waals surface area contributed by atoms with Gasteiger partial charge in [-0.25, -0.2) is 0 Å². The van der Waals surface area contributed by atoms with Crippen LogP contribution in [0.15, 0.2) is 36.5 Å². The molecule has 1 saturated carbocycles. The molecule has 0 radical (unpaired) electrons. The molecule has 20 heavy (non-hydrogen) atoms. The van der Waals surface area contributed by atoms with E-state index in [1.54, 1.807) is 6.20 Å². The molecule has 2 N–H and O–H groups in total. The lowest BCUT2D eigenvalue weighted by atomic mass is 9.80. The summed E-state index contributed by atoms with van der Waals surface area (Å²) in [5, 5.41) is 10.8. The number of hydrogen-bond acceptors (Lipinski definition) is 2. The lowest BCUT2D eigenvalue weighted by Gasteiger charge is -2.34. The molecule has 0 saturated heterocycles. The molecule has 106 valence electrons. The van der Waals surface area contributed by atoms with E-state index >= 15 is 0 Å². The van der Waals surface area contributed by atoms with Crippen LogP contribution in [-0.2, 0) is 0 Å². The van der Waals surface area contributed by atoms with Gasteiger partial charge in [0, 0.05) is 23.5 Å². The third-order valence-corrected chi connectivity index (χ3v) is 4.48. The number of benzene rings is 1. The second-order valence-corrected chi connectivity index (χ2v) is 6.20. The van der Waals surface area contributed by atoms with Gasteiger partial charge in [-0.3, -0.25) is 5.10 Å². The Labute approximate surface area is 120 Å². The molecule has 3 heteroatoms. The average Bonchev–Trinajstić information content (AvgIpc) is 2.97. The van der Waals surface area contributed by atoms with Crippen molar-refractivity contribution in [3.63, 3.8) is 0 Å². The van der Waals surface area contributed by atoms with E-state index < -0.39 is 0 Å². The van der Waals surface area contributed by atoms with Crippen molar-refractivity contribution in [3.05, 3.63) is 36.5 Å². The maximum atomic E-state index is 4.02. The van der Waals surface area contributed by atoms with Crippen molar-refractivity contribution in [2.75, 3.05) is 5.32 Å². The van der Waals surface area contributed by atoms with Crippen LogP contribution in [0.25, 0.3) is 11.3 Å². The number of nitrogens with one attached hydrogen (secondary N) is 2. The first-order valence-electron chi connectivity index (χ1n) is 7.58. The molecule has 1 aliphatic carbocycles. The Morgan fingerprint density at radius 1 is 1.20 bits per heavy atom. The normalized spacial score (nSPS) is 26.4. The molecule has 1 fully saturated rings. The molecular formula is C17H23N3. The molecule has 3 atom stereocenters.